The Morgan fingerprint density at radius 3 is 1.82 bits per heavy atom. The maximum absolute atomic E-state index is 4.26. The van der Waals surface area contributed by atoms with Gasteiger partial charge in [-0.3, -0.25) is 4.98 Å². The van der Waals surface area contributed by atoms with Crippen molar-refractivity contribution in [1.82, 2.24) is 4.98 Å². The Hall–Kier alpha value is 0.209. The van der Waals surface area contributed by atoms with Gasteiger partial charge in [0.15, 0.2) is 0 Å². The summed E-state index contributed by atoms with van der Waals surface area (Å²) in [7, 11) is 0. The zero-order valence-electron chi connectivity index (χ0n) is 5.83. The smallest absolute Gasteiger partial charge is 0.0832 e. The van der Waals surface area contributed by atoms with Gasteiger partial charge in [-0.05, 0) is 24.6 Å². The second-order valence-electron chi connectivity index (χ2n) is 1.58. The number of aryl methyl sites for hydroxylation is 1. The number of rotatable bonds is 0. The van der Waals surface area contributed by atoms with Gasteiger partial charge in [-0.2, -0.15) is 3.84 Å². The van der Waals surface area contributed by atoms with Crippen LogP contribution in [0, 0.1) is 6.92 Å². The van der Waals surface area contributed by atoms with Crippen molar-refractivity contribution in [2.24, 2.45) is 0 Å². The van der Waals surface area contributed by atoms with Crippen LogP contribution in [0.3, 0.4) is 0 Å². The summed E-state index contributed by atoms with van der Waals surface area (Å²) in [6.45, 7) is 2.04. The predicted octanol–water partition coefficient (Wildman–Crippen LogP) is 2.32. The maximum atomic E-state index is 4.26. The second-order valence-corrected chi connectivity index (χ2v) is 2.05. The van der Waals surface area contributed by atoms with E-state index < -0.39 is 0 Å². The number of halogens is 2. The van der Waals surface area contributed by atoms with Gasteiger partial charge in [-0.25, -0.2) is 0 Å². The van der Waals surface area contributed by atoms with Crippen molar-refractivity contribution in [3.8, 4) is 0 Å². The molecule has 0 saturated carbocycles. The molecule has 1 rings (SSSR count). The standard InChI is InChI=1S/C6H7N.Cl2O.Se/c1-6-2-4-7-5-3-6;1-3-2;/h2-5H,1H3;;. The fourth-order valence-electron chi connectivity index (χ4n) is 0.426. The van der Waals surface area contributed by atoms with Crippen molar-refractivity contribution < 1.29 is 3.84 Å². The molecule has 0 N–H and O–H groups in total. The largest absolute Gasteiger partial charge is 0.265 e. The van der Waals surface area contributed by atoms with Crippen molar-refractivity contribution in [2.45, 2.75) is 6.92 Å². The van der Waals surface area contributed by atoms with E-state index in [0.717, 1.165) is 0 Å². The van der Waals surface area contributed by atoms with E-state index in [0.29, 0.717) is 0 Å². The van der Waals surface area contributed by atoms with Crippen LogP contribution in [0.25, 0.3) is 0 Å². The Labute approximate surface area is 86.7 Å². The molecule has 0 unspecified atom stereocenters. The van der Waals surface area contributed by atoms with E-state index in [1.807, 2.05) is 19.1 Å². The minimum Gasteiger partial charge on any atom is -0.265 e. The minimum atomic E-state index is 0. The fraction of sp³-hybridized carbons (Fsp3) is 0.167. The summed E-state index contributed by atoms with van der Waals surface area (Å²) in [5.41, 5.74) is 1.26. The Balaban J connectivity index is 0. The molecule has 1 heterocycles. The van der Waals surface area contributed by atoms with Crippen LogP contribution in [0.15, 0.2) is 24.5 Å². The second kappa shape index (κ2) is 10.2. The van der Waals surface area contributed by atoms with Crippen molar-refractivity contribution in [3.05, 3.63) is 30.1 Å². The molecule has 2 radical (unpaired) electrons. The van der Waals surface area contributed by atoms with Gasteiger partial charge >= 0.3 is 0 Å². The summed E-state index contributed by atoms with van der Waals surface area (Å²) in [6, 6.07) is 3.94. The first-order valence-electron chi connectivity index (χ1n) is 2.57. The molecule has 0 aliphatic carbocycles. The predicted molar refractivity (Wildman–Crippen MR) is 47.5 cm³/mol. The van der Waals surface area contributed by atoms with Gasteiger partial charge in [0.1, 0.15) is 0 Å². The Morgan fingerprint density at radius 2 is 1.64 bits per heavy atom. The first-order valence-corrected chi connectivity index (χ1v) is 3.19. The third-order valence-corrected chi connectivity index (χ3v) is 0.847. The van der Waals surface area contributed by atoms with E-state index >= 15 is 0 Å². The fourth-order valence-corrected chi connectivity index (χ4v) is 0.426. The van der Waals surface area contributed by atoms with Crippen LogP contribution in [0.4, 0.5) is 0 Å². The number of nitrogens with zero attached hydrogens (tertiary/aromatic N) is 1. The van der Waals surface area contributed by atoms with Crippen molar-refractivity contribution >= 4 is 40.8 Å². The molecule has 0 aliphatic rings. The van der Waals surface area contributed by atoms with Crippen LogP contribution in [-0.4, -0.2) is 22.1 Å². The number of hydrogen-bond donors (Lipinski definition) is 0. The summed E-state index contributed by atoms with van der Waals surface area (Å²) >= 11 is 8.53. The van der Waals surface area contributed by atoms with Crippen molar-refractivity contribution in [3.63, 3.8) is 0 Å². The van der Waals surface area contributed by atoms with Crippen LogP contribution in [0.1, 0.15) is 5.56 Å². The monoisotopic (exact) mass is 259 g/mol. The SMILES string of the molecule is Cc1ccncc1.ClOCl.[Se]. The summed E-state index contributed by atoms with van der Waals surface area (Å²) < 4.78 is 3.19. The van der Waals surface area contributed by atoms with Crippen LogP contribution < -0.4 is 0 Å². The molecule has 11 heavy (non-hydrogen) atoms. The molecular weight excluding hydrogens is 252 g/mol. The number of hydrogen-bond acceptors (Lipinski definition) is 2. The summed E-state index contributed by atoms with van der Waals surface area (Å²) in [6.07, 6.45) is 3.57. The van der Waals surface area contributed by atoms with Crippen LogP contribution in [0.5, 0.6) is 0 Å². The molecule has 0 bridgehead atoms. The van der Waals surface area contributed by atoms with Gasteiger partial charge in [0, 0.05) is 29.5 Å². The van der Waals surface area contributed by atoms with Gasteiger partial charge in [0.2, 0.25) is 0 Å². The van der Waals surface area contributed by atoms with Crippen LogP contribution >= 0.6 is 23.7 Å². The van der Waals surface area contributed by atoms with Gasteiger partial charge in [0.25, 0.3) is 0 Å². The van der Waals surface area contributed by atoms with Crippen molar-refractivity contribution in [2.75, 3.05) is 0 Å². The molecular formula is C6H7Cl2NOSe. The minimum absolute atomic E-state index is 0. The topological polar surface area (TPSA) is 22.1 Å². The molecule has 1 aromatic rings. The number of aromatic nitrogens is 1. The van der Waals surface area contributed by atoms with Crippen LogP contribution in [0.2, 0.25) is 0 Å². The van der Waals surface area contributed by atoms with E-state index in [2.05, 4.69) is 32.6 Å². The van der Waals surface area contributed by atoms with E-state index in [4.69, 9.17) is 0 Å². The molecule has 0 amide bonds. The average molecular weight is 259 g/mol. The molecule has 62 valence electrons. The van der Waals surface area contributed by atoms with Gasteiger partial charge in [-0.15, -0.1) is 0 Å². The molecule has 0 aliphatic heterocycles. The van der Waals surface area contributed by atoms with Gasteiger partial charge in [-0.1, -0.05) is 0 Å². The molecule has 0 atom stereocenters. The molecule has 0 spiro atoms. The van der Waals surface area contributed by atoms with E-state index in [1.165, 1.54) is 5.56 Å². The Bertz CT molecular complexity index is 162. The zero-order chi connectivity index (χ0) is 7.82. The molecule has 1 aromatic heterocycles. The maximum Gasteiger partial charge on any atom is 0.0832 e. The number of pyridine rings is 1. The summed E-state index contributed by atoms with van der Waals surface area (Å²) in [4.78, 5) is 3.85. The van der Waals surface area contributed by atoms with E-state index in [1.54, 1.807) is 12.4 Å². The van der Waals surface area contributed by atoms with Crippen LogP contribution in [-0.2, 0) is 3.84 Å². The Kier molecular flexibility index (Phi) is 12.8. The first kappa shape index (κ1) is 13.8. The van der Waals surface area contributed by atoms with E-state index in [9.17, 15) is 0 Å². The third-order valence-electron chi connectivity index (χ3n) is 0.847. The summed E-state index contributed by atoms with van der Waals surface area (Å²) in [5.74, 6) is 0. The zero-order valence-corrected chi connectivity index (χ0v) is 9.05. The third kappa shape index (κ3) is 10.2. The average Bonchev–Trinajstić information content (AvgIpc) is 1.91. The molecule has 2 nitrogen and oxygen atoms in total. The normalized spacial score (nSPS) is 7.18. The van der Waals surface area contributed by atoms with E-state index in [-0.39, 0.29) is 17.1 Å². The molecule has 0 saturated heterocycles. The Morgan fingerprint density at radius 1 is 1.27 bits per heavy atom. The van der Waals surface area contributed by atoms with Gasteiger partial charge < -0.3 is 0 Å². The quantitative estimate of drug-likeness (QED) is 0.667. The molecule has 5 heteroatoms. The van der Waals surface area contributed by atoms with Crippen molar-refractivity contribution in [1.29, 1.82) is 0 Å². The molecule has 0 aromatic carbocycles. The first-order chi connectivity index (χ1) is 4.81. The van der Waals surface area contributed by atoms with Gasteiger partial charge in [0.05, 0.1) is 23.7 Å². The molecule has 0 fully saturated rings. The summed E-state index contributed by atoms with van der Waals surface area (Å²) in [5, 5.41) is 0.